The molecule has 0 aromatic heterocycles. The summed E-state index contributed by atoms with van der Waals surface area (Å²) in [6.07, 6.45) is 5.70. The minimum atomic E-state index is 0.0158. The van der Waals surface area contributed by atoms with Gasteiger partial charge in [-0.25, -0.2) is 4.79 Å². The van der Waals surface area contributed by atoms with Crippen molar-refractivity contribution < 1.29 is 14.3 Å². The van der Waals surface area contributed by atoms with E-state index in [1.165, 1.54) is 0 Å². The second-order valence-corrected chi connectivity index (χ2v) is 6.65. The summed E-state index contributed by atoms with van der Waals surface area (Å²) in [6, 6.07) is 0.229. The van der Waals surface area contributed by atoms with Gasteiger partial charge in [0.25, 0.3) is 0 Å². The zero-order valence-corrected chi connectivity index (χ0v) is 13.2. The number of piperidine rings is 1. The third kappa shape index (κ3) is 3.04. The van der Waals surface area contributed by atoms with Crippen molar-refractivity contribution in [3.63, 3.8) is 0 Å². The van der Waals surface area contributed by atoms with Gasteiger partial charge in [0.1, 0.15) is 0 Å². The summed E-state index contributed by atoms with van der Waals surface area (Å²) in [4.78, 5) is 16.7. The van der Waals surface area contributed by atoms with Gasteiger partial charge in [-0.3, -0.25) is 0 Å². The molecule has 0 bridgehead atoms. The van der Waals surface area contributed by atoms with Crippen molar-refractivity contribution in [3.8, 4) is 0 Å². The molecule has 0 unspecified atom stereocenters. The van der Waals surface area contributed by atoms with Crippen molar-refractivity contribution in [2.75, 3.05) is 46.0 Å². The van der Waals surface area contributed by atoms with E-state index in [9.17, 15) is 4.79 Å². The number of nitrogens with zero attached hydrogens (tertiary/aromatic N) is 2. The van der Waals surface area contributed by atoms with Crippen LogP contribution in [0.4, 0.5) is 4.79 Å². The molecular weight excluding hydrogens is 268 g/mol. The summed E-state index contributed by atoms with van der Waals surface area (Å²) in [5.74, 6) is 0. The van der Waals surface area contributed by atoms with Gasteiger partial charge in [0.05, 0.1) is 12.7 Å². The number of carbonyl (C=O) groups excluding carboxylic acids is 1. The number of likely N-dealkylation sites (tertiary alicyclic amines) is 2. The van der Waals surface area contributed by atoms with E-state index in [-0.39, 0.29) is 17.6 Å². The minimum absolute atomic E-state index is 0.0158. The first-order chi connectivity index (χ1) is 10.2. The molecular formula is C16H28N2O3. The van der Waals surface area contributed by atoms with Gasteiger partial charge >= 0.3 is 6.03 Å². The molecule has 120 valence electrons. The molecule has 3 rings (SSSR count). The fraction of sp³-hybridized carbons (Fsp3) is 0.938. The number of fused-ring (bicyclic) bond motifs is 1. The van der Waals surface area contributed by atoms with Gasteiger partial charge in [-0.1, -0.05) is 0 Å². The number of carbonyl (C=O) groups is 1. The van der Waals surface area contributed by atoms with Crippen molar-refractivity contribution in [1.29, 1.82) is 0 Å². The molecule has 0 aromatic carbocycles. The molecule has 0 saturated carbocycles. The van der Waals surface area contributed by atoms with Crippen LogP contribution in [0.1, 0.15) is 39.0 Å². The van der Waals surface area contributed by atoms with E-state index >= 15 is 0 Å². The van der Waals surface area contributed by atoms with E-state index in [0.29, 0.717) is 0 Å². The van der Waals surface area contributed by atoms with Crippen LogP contribution >= 0.6 is 0 Å². The number of urea groups is 1. The van der Waals surface area contributed by atoms with Crippen LogP contribution in [0.5, 0.6) is 0 Å². The Balaban J connectivity index is 1.69. The van der Waals surface area contributed by atoms with E-state index in [0.717, 1.165) is 78.1 Å². The first kappa shape index (κ1) is 15.1. The maximum absolute atomic E-state index is 12.7. The van der Waals surface area contributed by atoms with Crippen molar-refractivity contribution in [3.05, 3.63) is 0 Å². The van der Waals surface area contributed by atoms with Gasteiger partial charge < -0.3 is 19.3 Å². The molecule has 5 nitrogen and oxygen atoms in total. The molecule has 3 saturated heterocycles. The average Bonchev–Trinajstić information content (AvgIpc) is 3.06. The van der Waals surface area contributed by atoms with E-state index in [1.807, 2.05) is 11.8 Å². The van der Waals surface area contributed by atoms with Crippen LogP contribution in [0.3, 0.4) is 0 Å². The van der Waals surface area contributed by atoms with Gasteiger partial charge in [0.2, 0.25) is 0 Å². The standard InChI is InChI=1S/C16H28N2O3/c1-2-20-13-16-7-5-11-21-14(16)6-10-18(12-16)15(19)17-8-3-4-9-17/h14H,2-13H2,1H3/t14-,16+/m1/s1. The topological polar surface area (TPSA) is 42.0 Å². The van der Waals surface area contributed by atoms with Crippen LogP contribution in [0.25, 0.3) is 0 Å². The van der Waals surface area contributed by atoms with Gasteiger partial charge in [-0.15, -0.1) is 0 Å². The SMILES string of the molecule is CCOC[C@@]12CCCO[C@@H]1CCN(C(=O)N1CCCC1)C2. The largest absolute Gasteiger partial charge is 0.381 e. The highest BCUT2D eigenvalue weighted by molar-refractivity contribution is 5.75. The predicted octanol–water partition coefficient (Wildman–Crippen LogP) is 2.11. The summed E-state index contributed by atoms with van der Waals surface area (Å²) in [7, 11) is 0. The Morgan fingerprint density at radius 2 is 2.05 bits per heavy atom. The van der Waals surface area contributed by atoms with Crippen LogP contribution in [0, 0.1) is 5.41 Å². The lowest BCUT2D eigenvalue weighted by Gasteiger charge is -2.50. The maximum atomic E-state index is 12.7. The Morgan fingerprint density at radius 1 is 1.24 bits per heavy atom. The molecule has 2 atom stereocenters. The lowest BCUT2D eigenvalue weighted by Crippen LogP contribution is -2.59. The fourth-order valence-corrected chi connectivity index (χ4v) is 4.08. The Labute approximate surface area is 127 Å². The summed E-state index contributed by atoms with van der Waals surface area (Å²) in [5.41, 5.74) is 0.0158. The molecule has 0 aromatic rings. The summed E-state index contributed by atoms with van der Waals surface area (Å²) in [5, 5.41) is 0. The number of ether oxygens (including phenoxy) is 2. The fourth-order valence-electron chi connectivity index (χ4n) is 4.08. The molecule has 0 N–H and O–H groups in total. The Bertz CT molecular complexity index is 371. The number of rotatable bonds is 3. The van der Waals surface area contributed by atoms with Crippen LogP contribution < -0.4 is 0 Å². The normalized spacial score (nSPS) is 33.1. The Morgan fingerprint density at radius 3 is 2.81 bits per heavy atom. The number of amides is 2. The number of hydrogen-bond donors (Lipinski definition) is 0. The summed E-state index contributed by atoms with van der Waals surface area (Å²) < 4.78 is 11.8. The summed E-state index contributed by atoms with van der Waals surface area (Å²) >= 11 is 0. The molecule has 0 spiro atoms. The Hall–Kier alpha value is -0.810. The van der Waals surface area contributed by atoms with Gasteiger partial charge in [-0.2, -0.15) is 0 Å². The van der Waals surface area contributed by atoms with Crippen LogP contribution in [0.2, 0.25) is 0 Å². The van der Waals surface area contributed by atoms with Gasteiger partial charge in [0, 0.05) is 44.8 Å². The quantitative estimate of drug-likeness (QED) is 0.801. The van der Waals surface area contributed by atoms with Gasteiger partial charge in [-0.05, 0) is 39.0 Å². The third-order valence-corrected chi connectivity index (χ3v) is 5.23. The van der Waals surface area contributed by atoms with Crippen LogP contribution in [-0.2, 0) is 9.47 Å². The zero-order valence-electron chi connectivity index (χ0n) is 13.2. The van der Waals surface area contributed by atoms with E-state index < -0.39 is 0 Å². The zero-order chi connectivity index (χ0) is 14.7. The highest BCUT2D eigenvalue weighted by atomic mass is 16.5. The lowest BCUT2D eigenvalue weighted by molar-refractivity contribution is -0.146. The molecule has 3 fully saturated rings. The molecule has 21 heavy (non-hydrogen) atoms. The van der Waals surface area contributed by atoms with E-state index in [1.54, 1.807) is 0 Å². The average molecular weight is 296 g/mol. The molecule has 3 aliphatic heterocycles. The first-order valence-electron chi connectivity index (χ1n) is 8.48. The van der Waals surface area contributed by atoms with E-state index in [2.05, 4.69) is 4.90 Å². The molecule has 3 aliphatic rings. The minimum Gasteiger partial charge on any atom is -0.381 e. The molecule has 0 aliphatic carbocycles. The van der Waals surface area contributed by atoms with Crippen molar-refractivity contribution >= 4 is 6.03 Å². The molecule has 2 amide bonds. The highest BCUT2D eigenvalue weighted by Gasteiger charge is 2.47. The first-order valence-corrected chi connectivity index (χ1v) is 8.48. The Kier molecular flexibility index (Phi) is 4.69. The van der Waals surface area contributed by atoms with Crippen molar-refractivity contribution in [1.82, 2.24) is 9.80 Å². The van der Waals surface area contributed by atoms with Crippen LogP contribution in [0.15, 0.2) is 0 Å². The molecule has 0 radical (unpaired) electrons. The highest BCUT2D eigenvalue weighted by Crippen LogP contribution is 2.40. The lowest BCUT2D eigenvalue weighted by atomic mass is 9.73. The van der Waals surface area contributed by atoms with Gasteiger partial charge in [0.15, 0.2) is 0 Å². The molecule has 3 heterocycles. The number of hydrogen-bond acceptors (Lipinski definition) is 3. The third-order valence-electron chi connectivity index (χ3n) is 5.23. The maximum Gasteiger partial charge on any atom is 0.320 e. The van der Waals surface area contributed by atoms with Crippen molar-refractivity contribution in [2.24, 2.45) is 5.41 Å². The van der Waals surface area contributed by atoms with Crippen LogP contribution in [-0.4, -0.2) is 67.9 Å². The molecule has 5 heteroatoms. The van der Waals surface area contributed by atoms with E-state index in [4.69, 9.17) is 9.47 Å². The second kappa shape index (κ2) is 6.53. The van der Waals surface area contributed by atoms with Crippen molar-refractivity contribution in [2.45, 2.75) is 45.1 Å². The monoisotopic (exact) mass is 296 g/mol. The summed E-state index contributed by atoms with van der Waals surface area (Å²) in [6.45, 7) is 7.82. The second-order valence-electron chi connectivity index (χ2n) is 6.65. The smallest absolute Gasteiger partial charge is 0.320 e. The predicted molar refractivity (Wildman–Crippen MR) is 80.3 cm³/mol.